The van der Waals surface area contributed by atoms with E-state index in [0.717, 1.165) is 20.6 Å². The molecule has 0 bridgehead atoms. The fourth-order valence-electron chi connectivity index (χ4n) is 3.33. The molecule has 0 N–H and O–H groups in total. The molecule has 0 spiro atoms. The Kier molecular flexibility index (Phi) is 2.31. The van der Waals surface area contributed by atoms with Crippen molar-refractivity contribution >= 4 is 37.5 Å². The zero-order valence-electron chi connectivity index (χ0n) is 23.0. The van der Waals surface area contributed by atoms with Gasteiger partial charge in [0, 0.05) is 4.47 Å². The van der Waals surface area contributed by atoms with Gasteiger partial charge in [-0.1, -0.05) is 96.8 Å². The molecule has 27 heavy (non-hydrogen) atoms. The normalized spacial score (nSPS) is 15.8. The first kappa shape index (κ1) is 9.34. The summed E-state index contributed by atoms with van der Waals surface area (Å²) in [4.78, 5) is 0. The van der Waals surface area contributed by atoms with Crippen molar-refractivity contribution in [2.45, 2.75) is 0 Å². The molecule has 128 valence electrons. The van der Waals surface area contributed by atoms with Crippen LogP contribution in [-0.4, -0.2) is 0 Å². The molecular formula is C26H17Br. The van der Waals surface area contributed by atoms with E-state index in [1.807, 2.05) is 36.4 Å². The summed E-state index contributed by atoms with van der Waals surface area (Å²) in [5, 5.41) is 3.39. The first-order chi connectivity index (χ1) is 17.1. The van der Waals surface area contributed by atoms with E-state index in [0.29, 0.717) is 10.9 Å². The number of rotatable bonds is 2. The molecular weight excluding hydrogens is 392 g/mol. The standard InChI is InChI=1S/C26H17Br/c27-26-21-13-5-4-11-19(21)17-25-23(15-8-16-24(25)26)22-14-7-6-12-20(22)18-9-2-1-3-10-18/h1-17H/i1D,2D,3D,6D,7D,9D,10D,12D,14D. The predicted molar refractivity (Wildman–Crippen MR) is 120 cm³/mol. The third-order valence-corrected chi connectivity index (χ3v) is 5.40. The highest BCUT2D eigenvalue weighted by molar-refractivity contribution is 9.10. The Morgan fingerprint density at radius 2 is 1.30 bits per heavy atom. The third-order valence-electron chi connectivity index (χ3n) is 4.55. The summed E-state index contributed by atoms with van der Waals surface area (Å²) in [7, 11) is 0. The summed E-state index contributed by atoms with van der Waals surface area (Å²) in [5.74, 6) is 0. The molecule has 0 fully saturated rings. The number of halogens is 1. The summed E-state index contributed by atoms with van der Waals surface area (Å²) in [6, 6.07) is 10.4. The first-order valence-electron chi connectivity index (χ1n) is 12.8. The van der Waals surface area contributed by atoms with Crippen molar-refractivity contribution in [1.82, 2.24) is 0 Å². The number of hydrogen-bond donors (Lipinski definition) is 0. The van der Waals surface area contributed by atoms with Crippen molar-refractivity contribution in [3.8, 4) is 22.3 Å². The molecule has 0 aliphatic heterocycles. The lowest BCUT2D eigenvalue weighted by atomic mass is 9.90. The van der Waals surface area contributed by atoms with Gasteiger partial charge in [-0.15, -0.1) is 0 Å². The maximum absolute atomic E-state index is 8.79. The summed E-state index contributed by atoms with van der Waals surface area (Å²) < 4.78 is 76.1. The van der Waals surface area contributed by atoms with Crippen LogP contribution in [0.3, 0.4) is 0 Å². The van der Waals surface area contributed by atoms with Crippen LogP contribution < -0.4 is 0 Å². The van der Waals surface area contributed by atoms with Gasteiger partial charge in [0.25, 0.3) is 0 Å². The van der Waals surface area contributed by atoms with Crippen molar-refractivity contribution in [3.05, 3.63) is 107 Å². The topological polar surface area (TPSA) is 0 Å². The van der Waals surface area contributed by atoms with Gasteiger partial charge in [0.15, 0.2) is 0 Å². The molecule has 0 heterocycles. The van der Waals surface area contributed by atoms with E-state index >= 15 is 0 Å². The van der Waals surface area contributed by atoms with Gasteiger partial charge >= 0.3 is 0 Å². The van der Waals surface area contributed by atoms with Crippen LogP contribution in [0.4, 0.5) is 0 Å². The van der Waals surface area contributed by atoms with E-state index in [4.69, 9.17) is 12.3 Å². The minimum Gasteiger partial charge on any atom is -0.0622 e. The molecule has 0 saturated carbocycles. The largest absolute Gasteiger partial charge is 0.0629 e. The van der Waals surface area contributed by atoms with Crippen LogP contribution in [0.25, 0.3) is 43.8 Å². The van der Waals surface area contributed by atoms with Gasteiger partial charge in [-0.2, -0.15) is 0 Å². The molecule has 0 amide bonds. The minimum absolute atomic E-state index is 0.0762. The lowest BCUT2D eigenvalue weighted by Gasteiger charge is -2.14. The Balaban J connectivity index is 2.02. The zero-order chi connectivity index (χ0) is 26.0. The van der Waals surface area contributed by atoms with Crippen molar-refractivity contribution in [3.63, 3.8) is 0 Å². The molecule has 0 unspecified atom stereocenters. The molecule has 0 aliphatic carbocycles. The molecule has 5 aromatic rings. The van der Waals surface area contributed by atoms with Gasteiger partial charge in [0.05, 0.1) is 12.3 Å². The quantitative estimate of drug-likeness (QED) is 0.254. The van der Waals surface area contributed by atoms with E-state index in [1.165, 1.54) is 0 Å². The van der Waals surface area contributed by atoms with Crippen LogP contribution in [0.5, 0.6) is 0 Å². The number of fused-ring (bicyclic) bond motifs is 2. The van der Waals surface area contributed by atoms with Crippen LogP contribution in [0.2, 0.25) is 0 Å². The summed E-state index contributed by atoms with van der Waals surface area (Å²) in [6.07, 6.45) is 0. The molecule has 0 aliphatic rings. The van der Waals surface area contributed by atoms with Crippen LogP contribution >= 0.6 is 15.9 Å². The minimum atomic E-state index is -0.573. The highest BCUT2D eigenvalue weighted by Gasteiger charge is 2.12. The highest BCUT2D eigenvalue weighted by Crippen LogP contribution is 2.40. The molecule has 5 rings (SSSR count). The predicted octanol–water partition coefficient (Wildman–Crippen LogP) is 8.09. The first-order valence-corrected chi connectivity index (χ1v) is 9.13. The monoisotopic (exact) mass is 417 g/mol. The molecule has 1 heteroatoms. The molecule has 0 saturated heterocycles. The van der Waals surface area contributed by atoms with Gasteiger partial charge in [-0.3, -0.25) is 0 Å². The van der Waals surface area contributed by atoms with E-state index in [2.05, 4.69) is 15.9 Å². The number of hydrogen-bond acceptors (Lipinski definition) is 0. The Hall–Kier alpha value is -2.90. The van der Waals surface area contributed by atoms with E-state index in [9.17, 15) is 0 Å². The second kappa shape index (κ2) is 6.68. The van der Waals surface area contributed by atoms with Gasteiger partial charge in [0.2, 0.25) is 0 Å². The van der Waals surface area contributed by atoms with Gasteiger partial charge in [-0.25, -0.2) is 0 Å². The van der Waals surface area contributed by atoms with Crippen LogP contribution in [0, 0.1) is 0 Å². The van der Waals surface area contributed by atoms with Crippen molar-refractivity contribution in [2.75, 3.05) is 0 Å². The van der Waals surface area contributed by atoms with Gasteiger partial charge in [-0.05, 0) is 65.8 Å². The molecule has 0 radical (unpaired) electrons. The molecule has 0 atom stereocenters. The molecule has 0 aromatic heterocycles. The average molecular weight is 418 g/mol. The Morgan fingerprint density at radius 1 is 0.593 bits per heavy atom. The Bertz CT molecular complexity index is 1720. The Labute approximate surface area is 179 Å². The summed E-state index contributed by atoms with van der Waals surface area (Å²) in [5.41, 5.74) is 0.148. The third kappa shape index (κ3) is 2.75. The maximum atomic E-state index is 8.79. The smallest absolute Gasteiger partial charge is 0.0622 e. The molecule has 0 nitrogen and oxygen atoms in total. The average Bonchev–Trinajstić information content (AvgIpc) is 2.88. The fraction of sp³-hybridized carbons (Fsp3) is 0. The van der Waals surface area contributed by atoms with E-state index in [-0.39, 0.29) is 22.7 Å². The van der Waals surface area contributed by atoms with E-state index in [1.54, 1.807) is 12.1 Å². The SMILES string of the molecule is [2H]c1c([2H])c([2H])c(-c2c([2H])c([2H])c([2H])c([2H])c2-c2cccc3c(Br)c4ccccc4cc23)c([2H])c1[2H]. The van der Waals surface area contributed by atoms with E-state index < -0.39 is 48.3 Å². The van der Waals surface area contributed by atoms with Crippen LogP contribution in [-0.2, 0) is 0 Å². The Morgan fingerprint density at radius 3 is 2.15 bits per heavy atom. The second-order valence-corrected chi connectivity index (χ2v) is 6.86. The summed E-state index contributed by atoms with van der Waals surface area (Å²) >= 11 is 3.68. The zero-order valence-corrected chi connectivity index (χ0v) is 15.6. The summed E-state index contributed by atoms with van der Waals surface area (Å²) in [6.45, 7) is 0. The lowest BCUT2D eigenvalue weighted by molar-refractivity contribution is 1.60. The fourth-order valence-corrected chi connectivity index (χ4v) is 4.04. The number of benzene rings is 5. The van der Waals surface area contributed by atoms with Crippen LogP contribution in [0.15, 0.2) is 107 Å². The second-order valence-electron chi connectivity index (χ2n) is 6.06. The van der Waals surface area contributed by atoms with Crippen molar-refractivity contribution < 1.29 is 12.3 Å². The van der Waals surface area contributed by atoms with Crippen molar-refractivity contribution in [1.29, 1.82) is 0 Å². The van der Waals surface area contributed by atoms with Crippen LogP contribution in [0.1, 0.15) is 12.3 Å². The lowest BCUT2D eigenvalue weighted by Crippen LogP contribution is -1.88. The maximum Gasteiger partial charge on any atom is 0.0629 e. The van der Waals surface area contributed by atoms with Gasteiger partial charge < -0.3 is 0 Å². The molecule has 5 aromatic carbocycles. The van der Waals surface area contributed by atoms with Gasteiger partial charge in [0.1, 0.15) is 0 Å². The highest BCUT2D eigenvalue weighted by atomic mass is 79.9. The van der Waals surface area contributed by atoms with Crippen molar-refractivity contribution in [2.24, 2.45) is 0 Å².